The summed E-state index contributed by atoms with van der Waals surface area (Å²) in [6.45, 7) is 1.36. The lowest BCUT2D eigenvalue weighted by Gasteiger charge is -2.62. The van der Waals surface area contributed by atoms with E-state index in [4.69, 9.17) is 13.9 Å². The third kappa shape index (κ3) is 4.16. The normalized spacial score (nSPS) is 49.4. The first-order chi connectivity index (χ1) is 19.5. The highest BCUT2D eigenvalue weighted by Gasteiger charge is 2.70. The Bertz CT molecular complexity index is 1220. The highest BCUT2D eigenvalue weighted by Crippen LogP contribution is 2.69. The first kappa shape index (κ1) is 29.1. The number of allylic oxidation sites excluding steroid dienone is 1. The number of rotatable bonds is 5. The minimum absolute atomic E-state index is 0.209. The second kappa shape index (κ2) is 10.3. The molecule has 6 N–H and O–H groups in total. The highest BCUT2D eigenvalue weighted by atomic mass is 16.7. The maximum atomic E-state index is 12.9. The predicted molar refractivity (Wildman–Crippen MR) is 141 cm³/mol. The smallest absolute Gasteiger partial charge is 0.335 e. The van der Waals surface area contributed by atoms with Crippen molar-refractivity contribution < 1.29 is 49.3 Å². The van der Waals surface area contributed by atoms with Gasteiger partial charge in [0.1, 0.15) is 30.7 Å². The first-order valence-electron chi connectivity index (χ1n) is 14.6. The molecule has 11 heteroatoms. The molecule has 11 nitrogen and oxygen atoms in total. The number of carbonyl (C=O) groups excluding carboxylic acids is 1. The summed E-state index contributed by atoms with van der Waals surface area (Å²) in [6.07, 6.45) is -0.687. The van der Waals surface area contributed by atoms with Crippen molar-refractivity contribution in [1.29, 1.82) is 0 Å². The van der Waals surface area contributed by atoms with Crippen LogP contribution >= 0.6 is 0 Å². The van der Waals surface area contributed by atoms with Gasteiger partial charge in [-0.3, -0.25) is 0 Å². The fourth-order valence-corrected chi connectivity index (χ4v) is 9.15. The molecule has 0 radical (unpaired) electrons. The molecule has 0 amide bonds. The number of hydrogen-bond acceptors (Lipinski definition) is 11. The fraction of sp³-hybridized carbons (Fsp3) is 0.733. The molecule has 4 aliphatic carbocycles. The number of ether oxygens (including phenoxy) is 2. The summed E-state index contributed by atoms with van der Waals surface area (Å²) >= 11 is 0. The van der Waals surface area contributed by atoms with E-state index in [1.807, 2.05) is 13.0 Å². The molecule has 13 unspecified atom stereocenters. The molecule has 6 rings (SSSR count). The summed E-state index contributed by atoms with van der Waals surface area (Å²) in [5.74, 6) is -0.713. The van der Waals surface area contributed by atoms with E-state index in [0.717, 1.165) is 17.4 Å². The van der Waals surface area contributed by atoms with Gasteiger partial charge < -0.3 is 49.3 Å². The Morgan fingerprint density at radius 3 is 2.51 bits per heavy atom. The number of aliphatic hydroxyl groups excluding tert-OH is 5. The molecular formula is C30H40O11. The number of hydrogen-bond donors (Lipinski definition) is 6. The van der Waals surface area contributed by atoms with Gasteiger partial charge in [0.05, 0.1) is 36.1 Å². The van der Waals surface area contributed by atoms with E-state index >= 15 is 0 Å². The lowest BCUT2D eigenvalue weighted by atomic mass is 9.44. The van der Waals surface area contributed by atoms with Gasteiger partial charge in [0.15, 0.2) is 6.29 Å². The second-order valence-corrected chi connectivity index (χ2v) is 13.0. The Morgan fingerprint density at radius 2 is 1.83 bits per heavy atom. The second-order valence-electron chi connectivity index (χ2n) is 13.0. The number of fused-ring (bicyclic) bond motifs is 5. The quantitative estimate of drug-likeness (QED) is 0.207. The van der Waals surface area contributed by atoms with E-state index in [9.17, 15) is 40.2 Å². The summed E-state index contributed by atoms with van der Waals surface area (Å²) in [7, 11) is 0. The van der Waals surface area contributed by atoms with Crippen molar-refractivity contribution in [1.82, 2.24) is 0 Å². The van der Waals surface area contributed by atoms with E-state index in [1.54, 1.807) is 6.07 Å². The van der Waals surface area contributed by atoms with Crippen LogP contribution < -0.4 is 5.63 Å². The summed E-state index contributed by atoms with van der Waals surface area (Å²) in [6, 6.07) is 3.06. The maximum absolute atomic E-state index is 12.9. The minimum Gasteiger partial charge on any atom is -0.431 e. The van der Waals surface area contributed by atoms with Crippen molar-refractivity contribution >= 4 is 6.29 Å². The average Bonchev–Trinajstić information content (AvgIpc) is 3.26. The molecule has 5 aliphatic rings. The van der Waals surface area contributed by atoms with Crippen molar-refractivity contribution in [3.05, 3.63) is 46.0 Å². The highest BCUT2D eigenvalue weighted by molar-refractivity contribution is 5.67. The Balaban J connectivity index is 1.26. The van der Waals surface area contributed by atoms with E-state index in [2.05, 4.69) is 0 Å². The Morgan fingerprint density at radius 1 is 1.05 bits per heavy atom. The molecule has 0 spiro atoms. The lowest BCUT2D eigenvalue weighted by molar-refractivity contribution is -0.308. The van der Waals surface area contributed by atoms with Crippen LogP contribution in [0, 0.1) is 22.7 Å². The average molecular weight is 577 g/mol. The van der Waals surface area contributed by atoms with E-state index in [0.29, 0.717) is 44.9 Å². The van der Waals surface area contributed by atoms with Crippen LogP contribution in [0.5, 0.6) is 0 Å². The standard InChI is InChI=1S/C30H40O11/c1-28-18(15-2-5-23(34)39-13-15)7-9-30(28,38)19-4-3-16-10-17(6-8-29(16,14-32)20(19)11-22(28)33)40-27-26(37)25(36)24(35)21(12-31)41-27/h2,5,10,13-14,17-22,24-27,31,33,35-38H,3-4,6-9,11-12H2,1H3. The molecule has 0 bridgehead atoms. The molecular weight excluding hydrogens is 536 g/mol. The van der Waals surface area contributed by atoms with Crippen LogP contribution in [0.4, 0.5) is 0 Å². The van der Waals surface area contributed by atoms with Gasteiger partial charge >= 0.3 is 5.63 Å². The maximum Gasteiger partial charge on any atom is 0.335 e. The molecule has 0 aromatic carbocycles. The Labute approximate surface area is 237 Å². The van der Waals surface area contributed by atoms with Crippen LogP contribution in [0.3, 0.4) is 0 Å². The van der Waals surface area contributed by atoms with Gasteiger partial charge in [0, 0.05) is 11.5 Å². The number of aldehydes is 1. The molecule has 3 saturated carbocycles. The van der Waals surface area contributed by atoms with E-state index in [1.165, 1.54) is 12.3 Å². The summed E-state index contributed by atoms with van der Waals surface area (Å²) < 4.78 is 16.6. The van der Waals surface area contributed by atoms with Gasteiger partial charge in [-0.05, 0) is 74.3 Å². The van der Waals surface area contributed by atoms with Gasteiger partial charge in [0.25, 0.3) is 0 Å². The van der Waals surface area contributed by atoms with Crippen molar-refractivity contribution in [2.75, 3.05) is 6.61 Å². The van der Waals surface area contributed by atoms with Crippen LogP contribution in [0.1, 0.15) is 63.4 Å². The fourth-order valence-electron chi connectivity index (χ4n) is 9.15. The zero-order valence-electron chi connectivity index (χ0n) is 23.0. The lowest BCUT2D eigenvalue weighted by Crippen LogP contribution is -2.66. The van der Waals surface area contributed by atoms with E-state index in [-0.39, 0.29) is 17.8 Å². The molecule has 1 saturated heterocycles. The van der Waals surface area contributed by atoms with Crippen molar-refractivity contribution in [2.24, 2.45) is 22.7 Å². The summed E-state index contributed by atoms with van der Waals surface area (Å²) in [4.78, 5) is 24.5. The molecule has 1 aliphatic heterocycles. The van der Waals surface area contributed by atoms with Gasteiger partial charge in [-0.25, -0.2) is 4.79 Å². The molecule has 4 fully saturated rings. The molecule has 13 atom stereocenters. The van der Waals surface area contributed by atoms with Crippen LogP contribution in [0.2, 0.25) is 0 Å². The van der Waals surface area contributed by atoms with Gasteiger partial charge in [-0.1, -0.05) is 18.6 Å². The summed E-state index contributed by atoms with van der Waals surface area (Å²) in [5, 5.41) is 64.2. The van der Waals surface area contributed by atoms with Crippen LogP contribution in [0.15, 0.2) is 39.3 Å². The van der Waals surface area contributed by atoms with Crippen LogP contribution in [0.25, 0.3) is 0 Å². The topological polar surface area (TPSA) is 187 Å². The molecule has 2 heterocycles. The molecule has 1 aromatic heterocycles. The zero-order chi connectivity index (χ0) is 29.3. The molecule has 1 aromatic rings. The Kier molecular flexibility index (Phi) is 7.35. The van der Waals surface area contributed by atoms with Crippen molar-refractivity contribution in [3.8, 4) is 0 Å². The number of aliphatic hydroxyl groups is 6. The largest absolute Gasteiger partial charge is 0.431 e. The zero-order valence-corrected chi connectivity index (χ0v) is 23.0. The third-order valence-corrected chi connectivity index (χ3v) is 11.4. The SMILES string of the molecule is CC12C(O)CC3C(CCC4=CC(OC5OC(CO)C(O)C(O)C5O)CCC43C=O)C1(O)CCC2c1ccc(=O)oc1. The molecule has 226 valence electrons. The predicted octanol–water partition coefficient (Wildman–Crippen LogP) is 0.136. The number of carbonyl (C=O) groups is 1. The summed E-state index contributed by atoms with van der Waals surface area (Å²) in [5.41, 5.74) is -1.80. The third-order valence-electron chi connectivity index (χ3n) is 11.4. The van der Waals surface area contributed by atoms with Crippen molar-refractivity contribution in [2.45, 2.75) is 106 Å². The van der Waals surface area contributed by atoms with Gasteiger partial charge in [0.2, 0.25) is 0 Å². The van der Waals surface area contributed by atoms with Crippen LogP contribution in [-0.4, -0.2) is 92.0 Å². The van der Waals surface area contributed by atoms with Gasteiger partial charge in [-0.2, -0.15) is 0 Å². The van der Waals surface area contributed by atoms with Gasteiger partial charge in [-0.15, -0.1) is 0 Å². The molecule has 41 heavy (non-hydrogen) atoms. The first-order valence-corrected chi connectivity index (χ1v) is 14.6. The van der Waals surface area contributed by atoms with Crippen molar-refractivity contribution in [3.63, 3.8) is 0 Å². The minimum atomic E-state index is -1.55. The monoisotopic (exact) mass is 576 g/mol. The Hall–Kier alpha value is -1.96. The van der Waals surface area contributed by atoms with E-state index < -0.39 is 71.6 Å². The van der Waals surface area contributed by atoms with Crippen LogP contribution in [-0.2, 0) is 14.3 Å².